The molecule has 746 valence electrons. The summed E-state index contributed by atoms with van der Waals surface area (Å²) in [6, 6.07) is 110. The SMILES string of the molecule is CCCOc1cnn(-c2ccccc2)c(=O)c1Cl.COc1ccc(Sc2cnn(-c3ccccc3)c(=O)c2Cl)cc1.Nc1ccc(Sc2cnn(-c3ccccc3)c(=O)c2Cl)cc1.O=C(COc1cnn(-c2ccccc2)c(=O)c1Cl)c1ccc(Br)cc1.O=C(Cc1ccccc1)Oc1ccc(=O)n(-c2ccccc2)n1.O=c1c(SCc2ccccc2)cc(Cl)nn1-c1ccccc1.O=c1ccc(Cl)nn1-c1cccc(Br)c1. The van der Waals surface area contributed by atoms with Gasteiger partial charge in [-0.1, -0.05) is 320 Å². The van der Waals surface area contributed by atoms with E-state index in [0.29, 0.717) is 89.0 Å². The molecule has 0 radical (unpaired) electrons. The Morgan fingerprint density at radius 3 is 1.20 bits per heavy atom. The number of thioether (sulfide) groups is 1. The van der Waals surface area contributed by atoms with Gasteiger partial charge in [0, 0.05) is 53.9 Å². The summed E-state index contributed by atoms with van der Waals surface area (Å²) in [6.45, 7) is 2.25. The zero-order valence-electron chi connectivity index (χ0n) is 78.0. The molecule has 7 aromatic heterocycles. The molecule has 0 unspecified atom stereocenters. The van der Waals surface area contributed by atoms with Crippen LogP contribution in [-0.4, -0.2) is 101 Å². The number of ether oxygens (including phenoxy) is 4. The van der Waals surface area contributed by atoms with Gasteiger partial charge in [-0.3, -0.25) is 43.2 Å². The Balaban J connectivity index is 0.000000145. The van der Waals surface area contributed by atoms with Crippen molar-refractivity contribution in [1.82, 2.24) is 68.5 Å². The average Bonchev–Trinajstić information content (AvgIpc) is 0.805. The fourth-order valence-electron chi connectivity index (χ4n) is 12.9. The van der Waals surface area contributed by atoms with E-state index in [4.69, 9.17) is 94.3 Å². The Hall–Kier alpha value is -15.1. The normalized spacial score (nSPS) is 10.4. The lowest BCUT2D eigenvalue weighted by Crippen LogP contribution is -2.22. The molecule has 7 heterocycles. The van der Waals surface area contributed by atoms with Crippen molar-refractivity contribution in [3.63, 3.8) is 0 Å². The third-order valence-corrected chi connectivity index (χ3v) is 26.2. The molecule has 12 aromatic carbocycles. The first kappa shape index (κ1) is 110. The van der Waals surface area contributed by atoms with E-state index in [1.165, 1.54) is 105 Å². The number of methoxy groups -OCH3 is 1. The van der Waals surface area contributed by atoms with Gasteiger partial charge in [0.15, 0.2) is 39.1 Å². The van der Waals surface area contributed by atoms with Crippen LogP contribution in [0.1, 0.15) is 34.8 Å². The van der Waals surface area contributed by atoms with Crippen molar-refractivity contribution in [3.8, 4) is 62.9 Å². The zero-order chi connectivity index (χ0) is 105. The highest BCUT2D eigenvalue weighted by Gasteiger charge is 2.20. The Kier molecular flexibility index (Phi) is 41.7. The number of para-hydroxylation sites is 6. The lowest BCUT2D eigenvalue weighted by Gasteiger charge is -2.09. The monoisotopic (exact) mass is 2270 g/mol. The molecule has 19 aromatic rings. The van der Waals surface area contributed by atoms with Crippen LogP contribution in [0.2, 0.25) is 30.4 Å². The fraction of sp³-hybridized carbons (Fsp3) is 0.0642. The number of benzene rings is 12. The van der Waals surface area contributed by atoms with Crippen LogP contribution in [0.5, 0.6) is 23.1 Å². The number of anilines is 1. The maximum atomic E-state index is 12.6. The Morgan fingerprint density at radius 2 is 0.750 bits per heavy atom. The highest BCUT2D eigenvalue weighted by Crippen LogP contribution is 2.35. The molecule has 0 aliphatic rings. The van der Waals surface area contributed by atoms with Crippen LogP contribution in [0.3, 0.4) is 0 Å². The molecular formula is C109H83Br2Cl6N15O13S3. The second kappa shape index (κ2) is 56.0. The first-order chi connectivity index (χ1) is 71.8. The van der Waals surface area contributed by atoms with Gasteiger partial charge in [-0.25, -0.2) is 0 Å². The average molecular weight is 2280 g/mol. The summed E-state index contributed by atoms with van der Waals surface area (Å²) < 4.78 is 31.6. The van der Waals surface area contributed by atoms with Gasteiger partial charge in [0.1, 0.15) is 20.9 Å². The number of nitrogen functional groups attached to an aromatic ring is 1. The molecule has 2 N–H and O–H groups in total. The lowest BCUT2D eigenvalue weighted by molar-refractivity contribution is -0.134. The zero-order valence-corrected chi connectivity index (χ0v) is 88.1. The molecule has 0 bridgehead atoms. The third kappa shape index (κ3) is 32.0. The Bertz CT molecular complexity index is 8150. The van der Waals surface area contributed by atoms with Gasteiger partial charge in [-0.05, 0) is 181 Å². The summed E-state index contributed by atoms with van der Waals surface area (Å²) in [7, 11) is 1.62. The number of nitrogens with zero attached hydrogens (tertiary/aromatic N) is 14. The van der Waals surface area contributed by atoms with E-state index < -0.39 is 11.5 Å². The van der Waals surface area contributed by atoms with Crippen LogP contribution in [0.4, 0.5) is 5.69 Å². The summed E-state index contributed by atoms with van der Waals surface area (Å²) in [5.74, 6) is 1.33. The van der Waals surface area contributed by atoms with Gasteiger partial charge in [0.25, 0.3) is 38.9 Å². The number of ketones is 1. The van der Waals surface area contributed by atoms with Crippen molar-refractivity contribution in [2.45, 2.75) is 50.0 Å². The number of esters is 1. The number of aromatic nitrogens is 14. The number of hydrogen-bond acceptors (Lipinski definition) is 24. The quantitative estimate of drug-likeness (QED) is 0.0240. The van der Waals surface area contributed by atoms with E-state index >= 15 is 0 Å². The van der Waals surface area contributed by atoms with Crippen LogP contribution in [0, 0.1) is 0 Å². The van der Waals surface area contributed by atoms with Gasteiger partial charge < -0.3 is 24.7 Å². The van der Waals surface area contributed by atoms with Gasteiger partial charge in [0.05, 0.1) is 99.4 Å². The van der Waals surface area contributed by atoms with Gasteiger partial charge in [0.2, 0.25) is 5.88 Å². The van der Waals surface area contributed by atoms with Gasteiger partial charge >= 0.3 is 5.97 Å². The molecular weight excluding hydrogens is 2200 g/mol. The highest BCUT2D eigenvalue weighted by atomic mass is 79.9. The van der Waals surface area contributed by atoms with Crippen molar-refractivity contribution >= 4 is 154 Å². The number of hydrogen-bond donors (Lipinski definition) is 1. The lowest BCUT2D eigenvalue weighted by atomic mass is 10.1. The maximum absolute atomic E-state index is 12.6. The first-order valence-electron chi connectivity index (χ1n) is 44.4. The van der Waals surface area contributed by atoms with Crippen molar-refractivity contribution in [3.05, 3.63) is 523 Å². The summed E-state index contributed by atoms with van der Waals surface area (Å²) in [5.41, 5.74) is 11.3. The molecule has 0 saturated carbocycles. The molecule has 0 fully saturated rings. The van der Waals surface area contributed by atoms with Gasteiger partial charge in [-0.2, -0.15) is 63.4 Å². The van der Waals surface area contributed by atoms with E-state index in [9.17, 15) is 43.2 Å². The van der Waals surface area contributed by atoms with Crippen LogP contribution in [-0.2, 0) is 17.0 Å². The molecule has 0 spiro atoms. The van der Waals surface area contributed by atoms with Crippen molar-refractivity contribution in [2.75, 3.05) is 26.1 Å². The number of carbonyl (C=O) groups excluding carboxylic acids is 2. The predicted molar refractivity (Wildman–Crippen MR) is 590 cm³/mol. The highest BCUT2D eigenvalue weighted by molar-refractivity contribution is 9.10. The summed E-state index contributed by atoms with van der Waals surface area (Å²) in [6.07, 6.45) is 6.98. The fourth-order valence-corrected chi connectivity index (χ4v) is 17.3. The minimum absolute atomic E-state index is 0.0577. The van der Waals surface area contributed by atoms with Crippen molar-refractivity contribution < 1.29 is 28.5 Å². The molecule has 0 aliphatic carbocycles. The topological polar surface area (TPSA) is 341 Å². The predicted octanol–water partition coefficient (Wildman–Crippen LogP) is 23.5. The minimum Gasteiger partial charge on any atom is -0.497 e. The number of carbonyl (C=O) groups is 2. The molecule has 19 rings (SSSR count). The van der Waals surface area contributed by atoms with Gasteiger partial charge in [-0.15, -0.1) is 16.9 Å². The van der Waals surface area contributed by atoms with E-state index in [2.05, 4.69) is 67.6 Å². The Morgan fingerprint density at radius 1 is 0.358 bits per heavy atom. The van der Waals surface area contributed by atoms with Crippen molar-refractivity contribution in [1.29, 1.82) is 0 Å². The second-order valence-electron chi connectivity index (χ2n) is 30.5. The molecule has 0 atom stereocenters. The van der Waals surface area contributed by atoms with E-state index in [1.807, 2.05) is 213 Å². The van der Waals surface area contributed by atoms with Crippen LogP contribution in [0.15, 0.2) is 462 Å². The molecule has 0 amide bonds. The Labute approximate surface area is 905 Å². The summed E-state index contributed by atoms with van der Waals surface area (Å²) in [5, 5.41) is 29.5. The standard InChI is InChI=1S/C18H12BrClN2O3.C18H14N2O3.C17H13ClN2O2S.C17H13ClN2OS.C16H12ClN3OS.C13H13ClN2O2.C10H6BrClN2O/c19-13-8-6-12(7-9-13)15(23)11-25-16-10-21-22(18(24)17(16)20)14-4-2-1-3-5-14;21-17-12-11-16(19-20(17)15-9-5-2-6-10-15)23-18(22)13-14-7-3-1-4-8-14;1-22-13-7-9-14(10-8-13)23-15-11-19-20(17(21)16(15)18)12-5-3-2-4-6-12;18-16-11-15(22-12-13-7-3-1-4-8-13)17(21)20(19-16)14-9-5-2-6-10-14;17-15-14(22-13-8-6-11(18)7-9-13)10-19-20(16(15)21)12-4-2-1-3-5-12;1-2-8-18-11-9-15-16(13(17)12(11)14)10-6-4-3-5-7-10;11-7-2-1-3-8(6-7)14-10(15)5-4-9(12)13-14/h1-10H,11H2;1-12H,13H2;2-11H,1H3;1-11H,12H2;1-10H,18H2;3-7,9H,2,8H2,1H3;1-6H. The number of Topliss-reactive ketones (excluding diaryl/α,β-unsaturated/α-hetero) is 1. The molecule has 0 aliphatic heterocycles. The largest absolute Gasteiger partial charge is 0.497 e. The second-order valence-corrected chi connectivity index (χ2v) is 37.8. The summed E-state index contributed by atoms with van der Waals surface area (Å²) in [4.78, 5) is 113. The van der Waals surface area contributed by atoms with Crippen LogP contribution >= 0.6 is 137 Å². The minimum atomic E-state index is -0.513. The first-order valence-corrected chi connectivity index (χ1v) is 50.9. The number of rotatable bonds is 25. The third-order valence-electron chi connectivity index (χ3n) is 20.0. The molecule has 39 heteroatoms. The van der Waals surface area contributed by atoms with E-state index in [-0.39, 0.29) is 89.0 Å². The molecule has 28 nitrogen and oxygen atoms in total. The van der Waals surface area contributed by atoms with E-state index in [0.717, 1.165) is 42.0 Å². The van der Waals surface area contributed by atoms with Crippen LogP contribution < -0.4 is 63.6 Å². The molecule has 0 saturated heterocycles. The maximum Gasteiger partial charge on any atom is 0.317 e. The smallest absolute Gasteiger partial charge is 0.317 e. The van der Waals surface area contributed by atoms with E-state index in [1.54, 1.807) is 159 Å². The molecule has 148 heavy (non-hydrogen) atoms. The number of nitrogens with two attached hydrogens (primary N) is 1. The summed E-state index contributed by atoms with van der Waals surface area (Å²) >= 11 is 47.2. The van der Waals surface area contributed by atoms with Crippen molar-refractivity contribution in [2.24, 2.45) is 0 Å². The number of halogens is 8. The van der Waals surface area contributed by atoms with Crippen LogP contribution in [0.25, 0.3) is 39.8 Å².